The fourth-order valence-electron chi connectivity index (χ4n) is 3.42. The Bertz CT molecular complexity index is 752. The fraction of sp³-hybridized carbons (Fsp3) is 0.632. The molecule has 0 spiro atoms. The zero-order valence-electron chi connectivity index (χ0n) is 16.5. The molecule has 1 aromatic carbocycles. The van der Waals surface area contributed by atoms with E-state index in [9.17, 15) is 12.8 Å². The van der Waals surface area contributed by atoms with E-state index < -0.39 is 9.84 Å². The van der Waals surface area contributed by atoms with Gasteiger partial charge in [-0.25, -0.2) is 12.8 Å². The monoisotopic (exact) mass is 398 g/mol. The molecule has 0 amide bonds. The third-order valence-corrected chi connectivity index (χ3v) is 5.56. The Morgan fingerprint density at radius 3 is 2.78 bits per heavy atom. The molecule has 1 fully saturated rings. The van der Waals surface area contributed by atoms with Crippen LogP contribution in [0, 0.1) is 11.7 Å². The highest BCUT2D eigenvalue weighted by Gasteiger charge is 2.21. The van der Waals surface area contributed by atoms with Crippen LogP contribution in [-0.2, 0) is 22.1 Å². The van der Waals surface area contributed by atoms with Crippen molar-refractivity contribution >= 4 is 15.8 Å². The molecule has 1 heterocycles. The molecule has 2 rings (SSSR count). The number of halogens is 1. The molecule has 0 aliphatic carbocycles. The summed E-state index contributed by atoms with van der Waals surface area (Å²) in [6, 6.07) is 4.20. The summed E-state index contributed by atoms with van der Waals surface area (Å²) in [5.41, 5.74) is 1.23. The molecule has 27 heavy (non-hydrogen) atoms. The molecule has 1 unspecified atom stereocenters. The molecule has 0 saturated carbocycles. The van der Waals surface area contributed by atoms with Gasteiger partial charge in [0.15, 0.2) is 15.8 Å². The molecule has 0 aromatic heterocycles. The van der Waals surface area contributed by atoms with Crippen LogP contribution >= 0.6 is 0 Å². The Hall–Kier alpha value is -1.67. The number of hydrogen-bond donors (Lipinski definition) is 2. The summed E-state index contributed by atoms with van der Waals surface area (Å²) in [6.07, 6.45) is 3.52. The minimum absolute atomic E-state index is 0.105. The molecular formula is C19H31FN4O2S. The molecule has 6 nitrogen and oxygen atoms in total. The largest absolute Gasteiger partial charge is 0.356 e. The van der Waals surface area contributed by atoms with Crippen molar-refractivity contribution in [3.05, 3.63) is 35.1 Å². The Labute approximate surface area is 162 Å². The van der Waals surface area contributed by atoms with Crippen LogP contribution in [0.2, 0.25) is 0 Å². The highest BCUT2D eigenvalue weighted by Crippen LogP contribution is 2.16. The van der Waals surface area contributed by atoms with Crippen molar-refractivity contribution in [2.45, 2.75) is 32.1 Å². The van der Waals surface area contributed by atoms with E-state index in [0.29, 0.717) is 29.5 Å². The van der Waals surface area contributed by atoms with Crippen LogP contribution in [0.3, 0.4) is 0 Å². The average Bonchev–Trinajstić information content (AvgIpc) is 3.04. The molecule has 1 saturated heterocycles. The number of aliphatic imine (C=N–C) groups is 1. The van der Waals surface area contributed by atoms with Gasteiger partial charge in [0.2, 0.25) is 0 Å². The number of rotatable bonds is 8. The molecule has 0 radical (unpaired) electrons. The number of likely N-dealkylation sites (tertiary alicyclic amines) is 1. The molecule has 8 heteroatoms. The topological polar surface area (TPSA) is 73.8 Å². The van der Waals surface area contributed by atoms with Crippen LogP contribution in [0.1, 0.15) is 30.9 Å². The van der Waals surface area contributed by atoms with E-state index >= 15 is 0 Å². The highest BCUT2D eigenvalue weighted by molar-refractivity contribution is 7.89. The van der Waals surface area contributed by atoms with Gasteiger partial charge in [-0.2, -0.15) is 0 Å². The maximum Gasteiger partial charge on any atom is 0.191 e. The lowest BCUT2D eigenvalue weighted by Gasteiger charge is -2.17. The maximum absolute atomic E-state index is 13.6. The lowest BCUT2D eigenvalue weighted by molar-refractivity contribution is 0.324. The zero-order valence-corrected chi connectivity index (χ0v) is 17.3. The van der Waals surface area contributed by atoms with Crippen LogP contribution in [0.4, 0.5) is 4.39 Å². The van der Waals surface area contributed by atoms with Gasteiger partial charge in [0, 0.05) is 32.9 Å². The minimum Gasteiger partial charge on any atom is -0.356 e. The van der Waals surface area contributed by atoms with Crippen LogP contribution in [-0.4, -0.2) is 58.8 Å². The first-order chi connectivity index (χ1) is 12.8. The normalized spacial score (nSPS) is 18.7. The van der Waals surface area contributed by atoms with Crippen LogP contribution in [0.5, 0.6) is 0 Å². The van der Waals surface area contributed by atoms with E-state index in [1.807, 2.05) is 0 Å². The van der Waals surface area contributed by atoms with Crippen molar-refractivity contribution in [1.82, 2.24) is 15.5 Å². The predicted molar refractivity (Wildman–Crippen MR) is 108 cm³/mol. The molecule has 1 aliphatic rings. The number of benzene rings is 1. The van der Waals surface area contributed by atoms with Gasteiger partial charge in [0.05, 0.1) is 5.75 Å². The van der Waals surface area contributed by atoms with Gasteiger partial charge >= 0.3 is 0 Å². The Balaban J connectivity index is 1.90. The van der Waals surface area contributed by atoms with Crippen LogP contribution in [0.15, 0.2) is 23.2 Å². The quantitative estimate of drug-likeness (QED) is 0.516. The van der Waals surface area contributed by atoms with Crippen molar-refractivity contribution in [2.24, 2.45) is 10.9 Å². The van der Waals surface area contributed by atoms with Gasteiger partial charge in [0.1, 0.15) is 5.82 Å². The van der Waals surface area contributed by atoms with E-state index in [1.165, 1.54) is 37.3 Å². The fourth-order valence-corrected chi connectivity index (χ4v) is 4.27. The molecule has 1 atom stereocenters. The number of hydrogen-bond acceptors (Lipinski definition) is 4. The van der Waals surface area contributed by atoms with Crippen LogP contribution < -0.4 is 10.6 Å². The minimum atomic E-state index is -3.19. The second-order valence-corrected chi connectivity index (χ2v) is 9.39. The summed E-state index contributed by atoms with van der Waals surface area (Å²) in [4.78, 5) is 6.69. The van der Waals surface area contributed by atoms with E-state index in [2.05, 4.69) is 27.4 Å². The Morgan fingerprint density at radius 2 is 2.11 bits per heavy atom. The number of nitrogens with one attached hydrogen (secondary N) is 2. The Morgan fingerprint density at radius 1 is 1.33 bits per heavy atom. The standard InChI is InChI=1S/C19H31FN4O2S/c1-4-8-24-9-7-15(13-24)11-22-19(21-2)23-12-17-10-18(20)6-5-16(17)14-27(3,25)26/h5-6,10,15H,4,7-9,11-14H2,1-3H3,(H2,21,22,23). The van der Waals surface area contributed by atoms with E-state index in [-0.39, 0.29) is 11.6 Å². The lowest BCUT2D eigenvalue weighted by atomic mass is 10.1. The zero-order chi connectivity index (χ0) is 19.9. The van der Waals surface area contributed by atoms with Gasteiger partial charge in [-0.1, -0.05) is 13.0 Å². The summed E-state index contributed by atoms with van der Waals surface area (Å²) in [5.74, 6) is 0.739. The maximum atomic E-state index is 13.6. The van der Waals surface area contributed by atoms with Crippen molar-refractivity contribution in [3.8, 4) is 0 Å². The number of sulfone groups is 1. The second-order valence-electron chi connectivity index (χ2n) is 7.25. The Kier molecular flexibility index (Phi) is 8.04. The average molecular weight is 399 g/mol. The molecule has 2 N–H and O–H groups in total. The van der Waals surface area contributed by atoms with Gasteiger partial charge in [-0.3, -0.25) is 4.99 Å². The van der Waals surface area contributed by atoms with Crippen LogP contribution in [0.25, 0.3) is 0 Å². The van der Waals surface area contributed by atoms with Crippen molar-refractivity contribution in [2.75, 3.05) is 39.5 Å². The summed E-state index contributed by atoms with van der Waals surface area (Å²) >= 11 is 0. The molecule has 152 valence electrons. The van der Waals surface area contributed by atoms with E-state index in [0.717, 1.165) is 26.2 Å². The molecular weight excluding hydrogens is 367 g/mol. The van der Waals surface area contributed by atoms with E-state index in [1.54, 1.807) is 7.05 Å². The smallest absolute Gasteiger partial charge is 0.191 e. The predicted octanol–water partition coefficient (Wildman–Crippen LogP) is 1.77. The number of nitrogens with zero attached hydrogens (tertiary/aromatic N) is 2. The third-order valence-electron chi connectivity index (χ3n) is 4.72. The van der Waals surface area contributed by atoms with E-state index in [4.69, 9.17) is 0 Å². The SMILES string of the molecule is CCCN1CCC(CNC(=NC)NCc2cc(F)ccc2CS(C)(=O)=O)C1. The molecule has 0 bridgehead atoms. The summed E-state index contributed by atoms with van der Waals surface area (Å²) in [6.45, 7) is 6.73. The second kappa shape index (κ2) is 10.0. The highest BCUT2D eigenvalue weighted by atomic mass is 32.2. The molecule has 1 aliphatic heterocycles. The first-order valence-corrected chi connectivity index (χ1v) is 11.5. The molecule has 1 aromatic rings. The van der Waals surface area contributed by atoms with Crippen molar-refractivity contribution < 1.29 is 12.8 Å². The van der Waals surface area contributed by atoms with Gasteiger partial charge in [0.25, 0.3) is 0 Å². The summed E-state index contributed by atoms with van der Waals surface area (Å²) in [7, 11) is -1.50. The summed E-state index contributed by atoms with van der Waals surface area (Å²) < 4.78 is 36.8. The third kappa shape index (κ3) is 7.46. The summed E-state index contributed by atoms with van der Waals surface area (Å²) in [5, 5.41) is 6.49. The van der Waals surface area contributed by atoms with Gasteiger partial charge in [-0.15, -0.1) is 0 Å². The van der Waals surface area contributed by atoms with Crippen molar-refractivity contribution in [1.29, 1.82) is 0 Å². The van der Waals surface area contributed by atoms with Gasteiger partial charge < -0.3 is 15.5 Å². The van der Waals surface area contributed by atoms with Gasteiger partial charge in [-0.05, 0) is 55.1 Å². The number of guanidine groups is 1. The first kappa shape index (κ1) is 21.6. The lowest BCUT2D eigenvalue weighted by Crippen LogP contribution is -2.40. The van der Waals surface area contributed by atoms with Crippen molar-refractivity contribution in [3.63, 3.8) is 0 Å². The first-order valence-electron chi connectivity index (χ1n) is 9.42.